The number of anilines is 2. The first-order valence-corrected chi connectivity index (χ1v) is 10.4. The highest BCUT2D eigenvalue weighted by Crippen LogP contribution is 2.27. The lowest BCUT2D eigenvalue weighted by Crippen LogP contribution is -2.44. The number of ether oxygens (including phenoxy) is 1. The fraction of sp³-hybridized carbons (Fsp3) is 0.409. The standard InChI is InChI=1S/C22H25FN8O/c1-22(2,3)31-12-16(10-28-31)29-21-27-13-26-20(30-21)14-4-5-18(15(8-14)9-24)32-19-6-7-25-11-17(19)23/h4-5,8,10,12-13,17,19,25H,6-7,11H2,1-3H3,(H,26,27,29,30)/t17-,19+/m1/s1. The maximum Gasteiger partial charge on any atom is 0.230 e. The molecule has 0 unspecified atom stereocenters. The zero-order valence-electron chi connectivity index (χ0n) is 18.2. The fourth-order valence-corrected chi connectivity index (χ4v) is 3.33. The van der Waals surface area contributed by atoms with Crippen molar-refractivity contribution in [1.29, 1.82) is 5.26 Å². The summed E-state index contributed by atoms with van der Waals surface area (Å²) in [6, 6.07) is 7.17. The van der Waals surface area contributed by atoms with Gasteiger partial charge in [0.1, 0.15) is 30.4 Å². The Kier molecular flexibility index (Phi) is 6.01. The van der Waals surface area contributed by atoms with E-state index < -0.39 is 12.3 Å². The molecule has 4 rings (SSSR count). The molecule has 0 saturated carbocycles. The number of benzene rings is 1. The molecule has 2 atom stereocenters. The van der Waals surface area contributed by atoms with Gasteiger partial charge >= 0.3 is 0 Å². The Morgan fingerprint density at radius 1 is 1.31 bits per heavy atom. The quantitative estimate of drug-likeness (QED) is 0.627. The maximum absolute atomic E-state index is 14.1. The molecule has 2 aromatic heterocycles. The van der Waals surface area contributed by atoms with Gasteiger partial charge in [0.25, 0.3) is 0 Å². The van der Waals surface area contributed by atoms with Crippen molar-refractivity contribution in [2.75, 3.05) is 18.4 Å². The van der Waals surface area contributed by atoms with Gasteiger partial charge in [0, 0.05) is 18.3 Å². The summed E-state index contributed by atoms with van der Waals surface area (Å²) in [6.45, 7) is 7.11. The third-order valence-corrected chi connectivity index (χ3v) is 5.08. The van der Waals surface area contributed by atoms with Gasteiger partial charge in [0.05, 0.1) is 23.0 Å². The largest absolute Gasteiger partial charge is 0.486 e. The van der Waals surface area contributed by atoms with Crippen molar-refractivity contribution < 1.29 is 9.13 Å². The van der Waals surface area contributed by atoms with Crippen LogP contribution in [0.5, 0.6) is 5.75 Å². The zero-order chi connectivity index (χ0) is 22.7. The Bertz CT molecular complexity index is 1130. The third-order valence-electron chi connectivity index (χ3n) is 5.08. The van der Waals surface area contributed by atoms with Gasteiger partial charge in [-0.15, -0.1) is 0 Å². The Morgan fingerprint density at radius 3 is 2.88 bits per heavy atom. The van der Waals surface area contributed by atoms with E-state index in [4.69, 9.17) is 4.74 Å². The van der Waals surface area contributed by atoms with Crippen molar-refractivity contribution in [2.45, 2.75) is 45.0 Å². The highest BCUT2D eigenvalue weighted by atomic mass is 19.1. The van der Waals surface area contributed by atoms with E-state index in [0.29, 0.717) is 41.6 Å². The molecular formula is C22H25FN8O. The Morgan fingerprint density at radius 2 is 2.16 bits per heavy atom. The molecule has 1 saturated heterocycles. The minimum Gasteiger partial charge on any atom is -0.486 e. The first kappa shape index (κ1) is 21.6. The number of hydrogen-bond donors (Lipinski definition) is 2. The molecule has 1 aliphatic rings. The van der Waals surface area contributed by atoms with Crippen molar-refractivity contribution in [3.63, 3.8) is 0 Å². The number of nitriles is 1. The molecule has 1 aromatic carbocycles. The summed E-state index contributed by atoms with van der Waals surface area (Å²) in [5.41, 5.74) is 1.54. The highest BCUT2D eigenvalue weighted by Gasteiger charge is 2.27. The van der Waals surface area contributed by atoms with Crippen molar-refractivity contribution >= 4 is 11.6 Å². The number of nitrogens with zero attached hydrogens (tertiary/aromatic N) is 6. The lowest BCUT2D eigenvalue weighted by molar-refractivity contribution is 0.0729. The van der Waals surface area contributed by atoms with Crippen LogP contribution in [0.15, 0.2) is 36.9 Å². The minimum absolute atomic E-state index is 0.141. The molecule has 32 heavy (non-hydrogen) atoms. The van der Waals surface area contributed by atoms with Gasteiger partial charge in [-0.2, -0.15) is 15.3 Å². The summed E-state index contributed by atoms with van der Waals surface area (Å²) in [6.07, 6.45) is 3.83. The number of hydrogen-bond acceptors (Lipinski definition) is 8. The molecule has 1 aliphatic heterocycles. The van der Waals surface area contributed by atoms with Crippen LogP contribution in [-0.4, -0.2) is 50.1 Å². The molecule has 0 aliphatic carbocycles. The SMILES string of the molecule is CC(C)(C)n1cc(Nc2ncnc(-c3ccc(O[C@H]4CCNC[C@H]4F)c(C#N)c3)n2)cn1. The smallest absolute Gasteiger partial charge is 0.230 e. The fourth-order valence-electron chi connectivity index (χ4n) is 3.33. The van der Waals surface area contributed by atoms with E-state index in [1.165, 1.54) is 6.33 Å². The second-order valence-corrected chi connectivity index (χ2v) is 8.59. The Balaban J connectivity index is 1.53. The van der Waals surface area contributed by atoms with Crippen LogP contribution in [0.2, 0.25) is 0 Å². The summed E-state index contributed by atoms with van der Waals surface area (Å²) in [4.78, 5) is 12.9. The van der Waals surface area contributed by atoms with Gasteiger partial charge in [0.2, 0.25) is 5.95 Å². The van der Waals surface area contributed by atoms with Crippen LogP contribution < -0.4 is 15.4 Å². The second kappa shape index (κ2) is 8.88. The summed E-state index contributed by atoms with van der Waals surface area (Å²) in [5.74, 6) is 1.11. The second-order valence-electron chi connectivity index (χ2n) is 8.59. The van der Waals surface area contributed by atoms with Crippen LogP contribution in [0.1, 0.15) is 32.8 Å². The summed E-state index contributed by atoms with van der Waals surface area (Å²) < 4.78 is 21.7. The monoisotopic (exact) mass is 436 g/mol. The maximum atomic E-state index is 14.1. The molecule has 166 valence electrons. The number of halogens is 1. The van der Waals surface area contributed by atoms with E-state index in [9.17, 15) is 9.65 Å². The molecular weight excluding hydrogens is 411 g/mol. The van der Waals surface area contributed by atoms with E-state index in [-0.39, 0.29) is 12.1 Å². The lowest BCUT2D eigenvalue weighted by atomic mass is 10.1. The van der Waals surface area contributed by atoms with Crippen molar-refractivity contribution in [3.8, 4) is 23.2 Å². The van der Waals surface area contributed by atoms with E-state index in [1.807, 2.05) is 10.9 Å². The molecule has 9 nitrogen and oxygen atoms in total. The molecule has 10 heteroatoms. The Labute approximate surface area is 185 Å². The number of alkyl halides is 1. The zero-order valence-corrected chi connectivity index (χ0v) is 18.2. The highest BCUT2D eigenvalue weighted by molar-refractivity contribution is 5.63. The molecule has 1 fully saturated rings. The third kappa shape index (κ3) is 4.84. The average Bonchev–Trinajstić information content (AvgIpc) is 3.25. The number of aromatic nitrogens is 5. The summed E-state index contributed by atoms with van der Waals surface area (Å²) in [7, 11) is 0. The van der Waals surface area contributed by atoms with Gasteiger partial charge < -0.3 is 15.4 Å². The van der Waals surface area contributed by atoms with Gasteiger partial charge in [0.15, 0.2) is 5.82 Å². The molecule has 3 aromatic rings. The van der Waals surface area contributed by atoms with Crippen LogP contribution in [-0.2, 0) is 5.54 Å². The van der Waals surface area contributed by atoms with Crippen LogP contribution in [0.3, 0.4) is 0 Å². The van der Waals surface area contributed by atoms with Crippen LogP contribution in [0.4, 0.5) is 16.0 Å². The van der Waals surface area contributed by atoms with E-state index in [1.54, 1.807) is 24.4 Å². The van der Waals surface area contributed by atoms with Crippen LogP contribution >= 0.6 is 0 Å². The topological polar surface area (TPSA) is 114 Å². The van der Waals surface area contributed by atoms with Crippen molar-refractivity contribution in [2.24, 2.45) is 0 Å². The molecule has 3 heterocycles. The summed E-state index contributed by atoms with van der Waals surface area (Å²) in [5, 5.41) is 20.1. The molecule has 0 bridgehead atoms. The van der Waals surface area contributed by atoms with Gasteiger partial charge in [-0.25, -0.2) is 14.4 Å². The van der Waals surface area contributed by atoms with Gasteiger partial charge in [-0.1, -0.05) is 0 Å². The van der Waals surface area contributed by atoms with E-state index in [2.05, 4.69) is 57.5 Å². The van der Waals surface area contributed by atoms with Gasteiger partial charge in [-0.3, -0.25) is 4.68 Å². The lowest BCUT2D eigenvalue weighted by Gasteiger charge is -2.27. The molecule has 0 spiro atoms. The number of rotatable bonds is 5. The number of nitrogens with one attached hydrogen (secondary N) is 2. The number of piperidine rings is 1. The molecule has 0 radical (unpaired) electrons. The van der Waals surface area contributed by atoms with E-state index >= 15 is 0 Å². The Hall–Kier alpha value is -3.58. The van der Waals surface area contributed by atoms with Crippen LogP contribution in [0.25, 0.3) is 11.4 Å². The first-order chi connectivity index (χ1) is 15.3. The van der Waals surface area contributed by atoms with Crippen molar-refractivity contribution in [1.82, 2.24) is 30.0 Å². The predicted molar refractivity (Wildman–Crippen MR) is 117 cm³/mol. The normalized spacial score (nSPS) is 18.7. The van der Waals surface area contributed by atoms with Gasteiger partial charge in [-0.05, 0) is 51.9 Å². The molecule has 0 amide bonds. The molecule has 2 N–H and O–H groups in total. The first-order valence-electron chi connectivity index (χ1n) is 10.4. The van der Waals surface area contributed by atoms with Crippen LogP contribution in [0, 0.1) is 11.3 Å². The minimum atomic E-state index is -1.12. The average molecular weight is 436 g/mol. The predicted octanol–water partition coefficient (Wildman–Crippen LogP) is 3.18. The summed E-state index contributed by atoms with van der Waals surface area (Å²) >= 11 is 0. The van der Waals surface area contributed by atoms with E-state index in [0.717, 1.165) is 5.69 Å². The van der Waals surface area contributed by atoms with Crippen molar-refractivity contribution in [3.05, 3.63) is 42.5 Å².